The molecule has 4 heteroatoms. The molecule has 0 amide bonds. The van der Waals surface area contributed by atoms with E-state index >= 15 is 0 Å². The van der Waals surface area contributed by atoms with Crippen LogP contribution in [0, 0.1) is 5.92 Å². The SMILES string of the molecule is CCNC(CC(C)CC)c1ccc(S(C)(=O)=O)cc1. The summed E-state index contributed by atoms with van der Waals surface area (Å²) in [5.41, 5.74) is 1.16. The number of benzene rings is 1. The number of hydrogen-bond acceptors (Lipinski definition) is 3. The molecule has 0 bridgehead atoms. The van der Waals surface area contributed by atoms with Gasteiger partial charge in [-0.05, 0) is 36.6 Å². The zero-order chi connectivity index (χ0) is 14.5. The molecule has 0 aliphatic carbocycles. The molecule has 1 rings (SSSR count). The van der Waals surface area contributed by atoms with E-state index in [0.717, 1.165) is 24.9 Å². The molecule has 2 unspecified atom stereocenters. The van der Waals surface area contributed by atoms with Gasteiger partial charge in [-0.3, -0.25) is 0 Å². The van der Waals surface area contributed by atoms with Gasteiger partial charge in [-0.1, -0.05) is 39.3 Å². The average Bonchev–Trinajstić information content (AvgIpc) is 2.37. The van der Waals surface area contributed by atoms with Crippen molar-refractivity contribution in [3.63, 3.8) is 0 Å². The van der Waals surface area contributed by atoms with Crippen molar-refractivity contribution in [1.82, 2.24) is 5.32 Å². The van der Waals surface area contributed by atoms with Crippen LogP contribution >= 0.6 is 0 Å². The highest BCUT2D eigenvalue weighted by Gasteiger charge is 2.14. The number of sulfone groups is 1. The quantitative estimate of drug-likeness (QED) is 0.836. The van der Waals surface area contributed by atoms with E-state index in [0.29, 0.717) is 16.9 Å². The molecule has 1 N–H and O–H groups in total. The molecule has 19 heavy (non-hydrogen) atoms. The van der Waals surface area contributed by atoms with Crippen molar-refractivity contribution in [2.75, 3.05) is 12.8 Å². The first-order valence-electron chi connectivity index (χ1n) is 6.91. The Labute approximate surface area is 117 Å². The second-order valence-electron chi connectivity index (χ2n) is 5.20. The van der Waals surface area contributed by atoms with Gasteiger partial charge >= 0.3 is 0 Å². The predicted octanol–water partition coefficient (Wildman–Crippen LogP) is 3.18. The summed E-state index contributed by atoms with van der Waals surface area (Å²) in [6.07, 6.45) is 3.47. The van der Waals surface area contributed by atoms with Gasteiger partial charge in [0.25, 0.3) is 0 Å². The van der Waals surface area contributed by atoms with E-state index in [9.17, 15) is 8.42 Å². The minimum Gasteiger partial charge on any atom is -0.310 e. The van der Waals surface area contributed by atoms with Crippen molar-refractivity contribution in [3.8, 4) is 0 Å². The number of nitrogens with one attached hydrogen (secondary N) is 1. The van der Waals surface area contributed by atoms with Crippen molar-refractivity contribution in [2.24, 2.45) is 5.92 Å². The third-order valence-electron chi connectivity index (χ3n) is 3.50. The molecule has 0 aliphatic rings. The molecule has 1 aromatic rings. The molecule has 0 saturated heterocycles. The predicted molar refractivity (Wildman–Crippen MR) is 80.0 cm³/mol. The highest BCUT2D eigenvalue weighted by atomic mass is 32.2. The molecule has 0 spiro atoms. The van der Waals surface area contributed by atoms with E-state index in [1.54, 1.807) is 12.1 Å². The van der Waals surface area contributed by atoms with Gasteiger partial charge in [0.2, 0.25) is 0 Å². The van der Waals surface area contributed by atoms with Gasteiger partial charge in [0, 0.05) is 12.3 Å². The number of hydrogen-bond donors (Lipinski definition) is 1. The van der Waals surface area contributed by atoms with Crippen LogP contribution in [0.1, 0.15) is 45.2 Å². The van der Waals surface area contributed by atoms with Gasteiger partial charge in [0.05, 0.1) is 4.90 Å². The van der Waals surface area contributed by atoms with E-state index in [2.05, 4.69) is 26.1 Å². The standard InChI is InChI=1S/C15H25NO2S/c1-5-12(3)11-15(16-6-2)13-7-9-14(10-8-13)19(4,17)18/h7-10,12,15-16H,5-6,11H2,1-4H3. The monoisotopic (exact) mass is 283 g/mol. The van der Waals surface area contributed by atoms with Crippen LogP contribution in [0.2, 0.25) is 0 Å². The molecular formula is C15H25NO2S. The smallest absolute Gasteiger partial charge is 0.175 e. The molecule has 0 aliphatic heterocycles. The highest BCUT2D eigenvalue weighted by molar-refractivity contribution is 7.90. The summed E-state index contributed by atoms with van der Waals surface area (Å²) in [5.74, 6) is 0.652. The maximum absolute atomic E-state index is 11.4. The minimum absolute atomic E-state index is 0.300. The van der Waals surface area contributed by atoms with Gasteiger partial charge in [0.15, 0.2) is 9.84 Å². The van der Waals surface area contributed by atoms with E-state index < -0.39 is 9.84 Å². The Balaban J connectivity index is 2.91. The van der Waals surface area contributed by atoms with E-state index in [1.165, 1.54) is 6.26 Å². The summed E-state index contributed by atoms with van der Waals surface area (Å²) in [6.45, 7) is 7.44. The summed E-state index contributed by atoms with van der Waals surface area (Å²) in [4.78, 5) is 0.384. The van der Waals surface area contributed by atoms with Gasteiger partial charge in [-0.2, -0.15) is 0 Å². The maximum Gasteiger partial charge on any atom is 0.175 e. The lowest BCUT2D eigenvalue weighted by atomic mass is 9.94. The van der Waals surface area contributed by atoms with Gasteiger partial charge in [-0.15, -0.1) is 0 Å². The Bertz CT molecular complexity index is 479. The summed E-state index contributed by atoms with van der Waals surface area (Å²) in [6, 6.07) is 7.55. The van der Waals surface area contributed by atoms with Crippen LogP contribution in [0.15, 0.2) is 29.2 Å². The van der Waals surface area contributed by atoms with Crippen LogP contribution in [0.5, 0.6) is 0 Å². The first-order valence-corrected chi connectivity index (χ1v) is 8.81. The normalized spacial score (nSPS) is 15.2. The number of rotatable bonds is 7. The molecule has 2 atom stereocenters. The topological polar surface area (TPSA) is 46.2 Å². The van der Waals surface area contributed by atoms with Crippen LogP contribution < -0.4 is 5.32 Å². The van der Waals surface area contributed by atoms with Crippen LogP contribution in [0.3, 0.4) is 0 Å². The van der Waals surface area contributed by atoms with Crippen molar-refractivity contribution in [1.29, 1.82) is 0 Å². The fourth-order valence-electron chi connectivity index (χ4n) is 2.10. The van der Waals surface area contributed by atoms with Gasteiger partial charge in [0.1, 0.15) is 0 Å². The van der Waals surface area contributed by atoms with Crippen LogP contribution in [0.25, 0.3) is 0 Å². The van der Waals surface area contributed by atoms with E-state index in [-0.39, 0.29) is 0 Å². The first kappa shape index (κ1) is 16.2. The zero-order valence-electron chi connectivity index (χ0n) is 12.3. The second-order valence-corrected chi connectivity index (χ2v) is 7.22. The molecule has 1 aromatic carbocycles. The molecular weight excluding hydrogens is 258 g/mol. The second kappa shape index (κ2) is 7.06. The van der Waals surface area contributed by atoms with E-state index in [1.807, 2.05) is 12.1 Å². The van der Waals surface area contributed by atoms with Crippen LogP contribution in [-0.4, -0.2) is 21.2 Å². The maximum atomic E-state index is 11.4. The Morgan fingerprint density at radius 3 is 2.16 bits per heavy atom. The summed E-state index contributed by atoms with van der Waals surface area (Å²) < 4.78 is 22.9. The molecule has 108 valence electrons. The lowest BCUT2D eigenvalue weighted by Gasteiger charge is -2.21. The van der Waals surface area contributed by atoms with Gasteiger partial charge < -0.3 is 5.32 Å². The molecule has 0 heterocycles. The largest absolute Gasteiger partial charge is 0.310 e. The lowest BCUT2D eigenvalue weighted by Crippen LogP contribution is -2.22. The molecule has 0 aromatic heterocycles. The van der Waals surface area contributed by atoms with Gasteiger partial charge in [-0.25, -0.2) is 8.42 Å². The molecule has 3 nitrogen and oxygen atoms in total. The first-order chi connectivity index (χ1) is 8.88. The van der Waals surface area contributed by atoms with Crippen molar-refractivity contribution in [2.45, 2.75) is 44.6 Å². The highest BCUT2D eigenvalue weighted by Crippen LogP contribution is 2.24. The molecule has 0 radical (unpaired) electrons. The summed E-state index contributed by atoms with van der Waals surface area (Å²) >= 11 is 0. The lowest BCUT2D eigenvalue weighted by molar-refractivity contribution is 0.408. The Morgan fingerprint density at radius 2 is 1.74 bits per heavy atom. The Kier molecular flexibility index (Phi) is 6.01. The van der Waals surface area contributed by atoms with Crippen molar-refractivity contribution in [3.05, 3.63) is 29.8 Å². The Morgan fingerprint density at radius 1 is 1.16 bits per heavy atom. The van der Waals surface area contributed by atoms with E-state index in [4.69, 9.17) is 0 Å². The summed E-state index contributed by atoms with van der Waals surface area (Å²) in [7, 11) is -3.11. The third-order valence-corrected chi connectivity index (χ3v) is 4.62. The van der Waals surface area contributed by atoms with Crippen LogP contribution in [0.4, 0.5) is 0 Å². The minimum atomic E-state index is -3.11. The van der Waals surface area contributed by atoms with Crippen LogP contribution in [-0.2, 0) is 9.84 Å². The fraction of sp³-hybridized carbons (Fsp3) is 0.600. The van der Waals surface area contributed by atoms with Crippen molar-refractivity contribution >= 4 is 9.84 Å². The zero-order valence-corrected chi connectivity index (χ0v) is 13.1. The third kappa shape index (κ3) is 4.96. The fourth-order valence-corrected chi connectivity index (χ4v) is 2.73. The molecule has 0 fully saturated rings. The summed E-state index contributed by atoms with van der Waals surface area (Å²) in [5, 5.41) is 3.47. The Hall–Kier alpha value is -0.870. The molecule has 0 saturated carbocycles. The van der Waals surface area contributed by atoms with Crippen molar-refractivity contribution < 1.29 is 8.42 Å². The average molecular weight is 283 g/mol.